The normalized spacial score (nSPS) is 20.9. The third-order valence-corrected chi connectivity index (χ3v) is 1.62. The van der Waals surface area contributed by atoms with E-state index in [4.69, 9.17) is 0 Å². The molecule has 0 bridgehead atoms. The van der Waals surface area contributed by atoms with E-state index in [0.717, 1.165) is 5.92 Å². The molecule has 0 aromatic heterocycles. The van der Waals surface area contributed by atoms with E-state index < -0.39 is 0 Å². The van der Waals surface area contributed by atoms with Crippen LogP contribution in [0.2, 0.25) is 0 Å². The minimum absolute atomic E-state index is 0.873. The summed E-state index contributed by atoms with van der Waals surface area (Å²) in [5.74, 6) is 0.873. The van der Waals surface area contributed by atoms with Crippen molar-refractivity contribution < 1.29 is 0 Å². The maximum Gasteiger partial charge on any atom is -0.0165 e. The number of allylic oxidation sites excluding steroid dienone is 3. The molecule has 0 aromatic rings. The van der Waals surface area contributed by atoms with E-state index in [9.17, 15) is 0 Å². The van der Waals surface area contributed by atoms with Crippen molar-refractivity contribution in [3.05, 3.63) is 24.3 Å². The first-order valence-electron chi connectivity index (χ1n) is 3.17. The molecule has 0 heterocycles. The van der Waals surface area contributed by atoms with E-state index >= 15 is 0 Å². The predicted octanol–water partition coefficient (Wildman–Crippen LogP) is 2.53. The zero-order chi connectivity index (χ0) is 5.98. The Morgan fingerprint density at radius 1 is 1.62 bits per heavy atom. The number of hydrogen-bond acceptors (Lipinski definition) is 0. The molecule has 44 valence electrons. The summed E-state index contributed by atoms with van der Waals surface area (Å²) in [6, 6.07) is 0. The molecule has 0 aromatic carbocycles. The fourth-order valence-corrected chi connectivity index (χ4v) is 0.937. The van der Waals surface area contributed by atoms with Crippen molar-refractivity contribution >= 4 is 0 Å². The van der Waals surface area contributed by atoms with Gasteiger partial charge in [0.25, 0.3) is 0 Å². The van der Waals surface area contributed by atoms with Gasteiger partial charge < -0.3 is 0 Å². The molecule has 1 aliphatic rings. The molecule has 1 fully saturated rings. The highest BCUT2D eigenvalue weighted by atomic mass is 14.3. The Morgan fingerprint density at radius 2 is 2.25 bits per heavy atom. The molecule has 0 heteroatoms. The van der Waals surface area contributed by atoms with Crippen molar-refractivity contribution in [2.45, 2.75) is 19.8 Å². The van der Waals surface area contributed by atoms with Crippen LogP contribution in [-0.4, -0.2) is 0 Å². The third-order valence-electron chi connectivity index (χ3n) is 1.62. The summed E-state index contributed by atoms with van der Waals surface area (Å²) in [5.41, 5.74) is 1.44. The Hall–Kier alpha value is -0.520. The predicted molar refractivity (Wildman–Crippen MR) is 36.7 cm³/mol. The van der Waals surface area contributed by atoms with Crippen LogP contribution in [0, 0.1) is 5.92 Å². The monoisotopic (exact) mass is 108 g/mol. The fraction of sp³-hybridized carbons (Fsp3) is 0.500. The van der Waals surface area contributed by atoms with Crippen LogP contribution in [0.5, 0.6) is 0 Å². The molecule has 0 saturated heterocycles. The summed E-state index contributed by atoms with van der Waals surface area (Å²) >= 11 is 0. The van der Waals surface area contributed by atoms with E-state index in [2.05, 4.69) is 19.6 Å². The van der Waals surface area contributed by atoms with E-state index in [-0.39, 0.29) is 0 Å². The third kappa shape index (κ3) is 1.00. The molecule has 0 atom stereocenters. The molecule has 1 saturated carbocycles. The van der Waals surface area contributed by atoms with Crippen molar-refractivity contribution in [1.29, 1.82) is 0 Å². The van der Waals surface area contributed by atoms with Crippen LogP contribution in [0.4, 0.5) is 0 Å². The van der Waals surface area contributed by atoms with Crippen molar-refractivity contribution in [3.63, 3.8) is 0 Å². The van der Waals surface area contributed by atoms with Gasteiger partial charge in [-0.2, -0.15) is 0 Å². The number of hydrogen-bond donors (Lipinski definition) is 0. The van der Waals surface area contributed by atoms with Gasteiger partial charge in [0, 0.05) is 0 Å². The smallest absolute Gasteiger partial charge is 0.0165 e. The van der Waals surface area contributed by atoms with Crippen LogP contribution < -0.4 is 0 Å². The lowest BCUT2D eigenvalue weighted by molar-refractivity contribution is 1.05. The van der Waals surface area contributed by atoms with Crippen molar-refractivity contribution in [1.82, 2.24) is 0 Å². The second-order valence-corrected chi connectivity index (χ2v) is 2.27. The Kier molecular flexibility index (Phi) is 1.52. The van der Waals surface area contributed by atoms with Crippen molar-refractivity contribution in [2.24, 2.45) is 5.92 Å². The lowest BCUT2D eigenvalue weighted by Gasteiger charge is -1.91. The Labute approximate surface area is 50.9 Å². The molecule has 0 aliphatic heterocycles. The molecule has 1 aliphatic carbocycles. The summed E-state index contributed by atoms with van der Waals surface area (Å²) < 4.78 is 0. The second-order valence-electron chi connectivity index (χ2n) is 2.27. The zero-order valence-corrected chi connectivity index (χ0v) is 5.35. The van der Waals surface area contributed by atoms with Gasteiger partial charge in [-0.1, -0.05) is 18.7 Å². The molecule has 0 amide bonds. The lowest BCUT2D eigenvalue weighted by Crippen LogP contribution is -1.75. The zero-order valence-electron chi connectivity index (χ0n) is 5.35. The van der Waals surface area contributed by atoms with Gasteiger partial charge in [-0.25, -0.2) is 0 Å². The van der Waals surface area contributed by atoms with Crippen LogP contribution in [-0.2, 0) is 0 Å². The van der Waals surface area contributed by atoms with Gasteiger partial charge in [-0.05, 0) is 31.3 Å². The summed E-state index contributed by atoms with van der Waals surface area (Å²) in [6.45, 7) is 5.80. The van der Waals surface area contributed by atoms with Crippen LogP contribution >= 0.6 is 0 Å². The van der Waals surface area contributed by atoms with Crippen LogP contribution in [0.1, 0.15) is 19.8 Å². The molecule has 1 rings (SSSR count). The first kappa shape index (κ1) is 5.61. The van der Waals surface area contributed by atoms with Crippen LogP contribution in [0.3, 0.4) is 0 Å². The van der Waals surface area contributed by atoms with E-state index in [1.54, 1.807) is 0 Å². The van der Waals surface area contributed by atoms with Gasteiger partial charge in [-0.3, -0.25) is 0 Å². The molecule has 0 nitrogen and oxygen atoms in total. The highest BCUT2D eigenvalue weighted by Gasteiger charge is 2.22. The summed E-state index contributed by atoms with van der Waals surface area (Å²) in [5, 5.41) is 0. The topological polar surface area (TPSA) is 0 Å². The first-order valence-corrected chi connectivity index (χ1v) is 3.17. The molecule has 0 N–H and O–H groups in total. The average Bonchev–Trinajstić information content (AvgIpc) is 2.53. The van der Waals surface area contributed by atoms with Gasteiger partial charge >= 0.3 is 0 Å². The summed E-state index contributed by atoms with van der Waals surface area (Å²) in [7, 11) is 0. The molecule has 0 spiro atoms. The minimum atomic E-state index is 0.873. The highest BCUT2D eigenvalue weighted by Crippen LogP contribution is 2.36. The molecule has 0 radical (unpaired) electrons. The molecule has 8 heavy (non-hydrogen) atoms. The van der Waals surface area contributed by atoms with Crippen molar-refractivity contribution in [2.75, 3.05) is 0 Å². The first-order chi connectivity index (χ1) is 3.88. The molecular formula is C8H12. The Morgan fingerprint density at radius 3 is 2.38 bits per heavy atom. The van der Waals surface area contributed by atoms with Gasteiger partial charge in [0.15, 0.2) is 0 Å². The SMILES string of the molecule is C=CC(=CC)C1CC1. The van der Waals surface area contributed by atoms with Crippen LogP contribution in [0.15, 0.2) is 24.3 Å². The lowest BCUT2D eigenvalue weighted by atomic mass is 10.1. The van der Waals surface area contributed by atoms with Crippen LogP contribution in [0.25, 0.3) is 0 Å². The van der Waals surface area contributed by atoms with E-state index in [1.165, 1.54) is 18.4 Å². The largest absolute Gasteiger partial charge is 0.0988 e. The van der Waals surface area contributed by atoms with Gasteiger partial charge in [0.05, 0.1) is 0 Å². The van der Waals surface area contributed by atoms with Crippen molar-refractivity contribution in [3.8, 4) is 0 Å². The van der Waals surface area contributed by atoms with Gasteiger partial charge in [0.2, 0.25) is 0 Å². The number of rotatable bonds is 2. The Bertz CT molecular complexity index is 116. The molecular weight excluding hydrogens is 96.1 g/mol. The van der Waals surface area contributed by atoms with E-state index in [1.807, 2.05) is 6.08 Å². The summed E-state index contributed by atoms with van der Waals surface area (Å²) in [6.07, 6.45) is 6.89. The quantitative estimate of drug-likeness (QED) is 0.477. The Balaban J connectivity index is 2.49. The standard InChI is InChI=1S/C8H12/c1-3-7(4-2)8-5-6-8/h3-4,8H,1,5-6H2,2H3. The average molecular weight is 108 g/mol. The fourth-order valence-electron chi connectivity index (χ4n) is 0.937. The maximum atomic E-state index is 3.72. The second kappa shape index (κ2) is 2.17. The van der Waals surface area contributed by atoms with Gasteiger partial charge in [-0.15, -0.1) is 0 Å². The molecule has 0 unspecified atom stereocenters. The maximum absolute atomic E-state index is 3.72. The minimum Gasteiger partial charge on any atom is -0.0988 e. The van der Waals surface area contributed by atoms with E-state index in [0.29, 0.717) is 0 Å². The summed E-state index contributed by atoms with van der Waals surface area (Å²) in [4.78, 5) is 0. The highest BCUT2D eigenvalue weighted by molar-refractivity contribution is 5.22. The van der Waals surface area contributed by atoms with Gasteiger partial charge in [0.1, 0.15) is 0 Å².